The summed E-state index contributed by atoms with van der Waals surface area (Å²) in [7, 11) is 0. The van der Waals surface area contributed by atoms with Gasteiger partial charge in [-0.25, -0.2) is 0 Å². The van der Waals surface area contributed by atoms with E-state index >= 15 is 0 Å². The van der Waals surface area contributed by atoms with Gasteiger partial charge in [0.2, 0.25) is 0 Å². The van der Waals surface area contributed by atoms with Gasteiger partial charge in [-0.3, -0.25) is 0 Å². The van der Waals surface area contributed by atoms with Gasteiger partial charge < -0.3 is 0 Å². The van der Waals surface area contributed by atoms with Crippen LogP contribution in [-0.4, -0.2) is 33.5 Å². The normalized spacial score (nSPS) is 26.9. The van der Waals surface area contributed by atoms with Gasteiger partial charge in [-0.1, -0.05) is 0 Å². The zero-order valence-electron chi connectivity index (χ0n) is 7.50. The van der Waals surface area contributed by atoms with E-state index in [4.69, 9.17) is 15.9 Å². The SMILES string of the molecule is C#CC[Se]CC1COC(C)(C)O1. The summed E-state index contributed by atoms with van der Waals surface area (Å²) in [6.07, 6.45) is 5.43. The molecule has 0 N–H and O–H groups in total. The van der Waals surface area contributed by atoms with E-state index in [1.54, 1.807) is 0 Å². The monoisotopic (exact) mass is 234 g/mol. The van der Waals surface area contributed by atoms with Crippen LogP contribution in [0.3, 0.4) is 0 Å². The maximum absolute atomic E-state index is 5.62. The Kier molecular flexibility index (Phi) is 3.61. The minimum absolute atomic E-state index is 0.272. The quantitative estimate of drug-likeness (QED) is 0.415. The van der Waals surface area contributed by atoms with E-state index < -0.39 is 0 Å². The first-order chi connectivity index (χ1) is 5.64. The molecular formula is C9H14O2Se. The fourth-order valence-electron chi connectivity index (χ4n) is 1.09. The molecule has 0 saturated carbocycles. The van der Waals surface area contributed by atoms with Crippen LogP contribution in [0.4, 0.5) is 0 Å². The zero-order chi connectivity index (χ0) is 9.03. The Bertz CT molecular complexity index is 183. The summed E-state index contributed by atoms with van der Waals surface area (Å²) >= 11 is 0.517. The second-order valence-corrected chi connectivity index (χ2v) is 5.33. The Morgan fingerprint density at radius 3 is 2.92 bits per heavy atom. The minimum atomic E-state index is -0.378. The molecule has 0 aromatic heterocycles. The molecule has 1 aliphatic rings. The van der Waals surface area contributed by atoms with Crippen molar-refractivity contribution >= 4 is 15.0 Å². The van der Waals surface area contributed by atoms with Gasteiger partial charge in [-0.2, -0.15) is 0 Å². The summed E-state index contributed by atoms with van der Waals surface area (Å²) < 4.78 is 11.0. The Morgan fingerprint density at radius 1 is 1.67 bits per heavy atom. The first-order valence-electron chi connectivity index (χ1n) is 3.97. The molecule has 0 amide bonds. The summed E-state index contributed by atoms with van der Waals surface area (Å²) in [5.74, 6) is 2.27. The molecule has 1 aliphatic heterocycles. The molecule has 1 fully saturated rings. The average molecular weight is 233 g/mol. The van der Waals surface area contributed by atoms with E-state index in [-0.39, 0.29) is 11.9 Å². The van der Waals surface area contributed by atoms with Crippen LogP contribution in [-0.2, 0) is 9.47 Å². The molecule has 68 valence electrons. The van der Waals surface area contributed by atoms with Crippen LogP contribution in [0, 0.1) is 12.3 Å². The number of ether oxygens (including phenoxy) is 2. The fourth-order valence-corrected chi connectivity index (χ4v) is 2.49. The van der Waals surface area contributed by atoms with E-state index in [9.17, 15) is 0 Å². The summed E-state index contributed by atoms with van der Waals surface area (Å²) in [5.41, 5.74) is 0. The van der Waals surface area contributed by atoms with Crippen LogP contribution in [0.25, 0.3) is 0 Å². The van der Waals surface area contributed by atoms with E-state index in [2.05, 4.69) is 5.92 Å². The van der Waals surface area contributed by atoms with Crippen LogP contribution in [0.15, 0.2) is 0 Å². The first kappa shape index (κ1) is 10.1. The fraction of sp³-hybridized carbons (Fsp3) is 0.778. The summed E-state index contributed by atoms with van der Waals surface area (Å²) in [5, 5.41) is 1.97. The van der Waals surface area contributed by atoms with Crippen molar-refractivity contribution in [1.82, 2.24) is 0 Å². The van der Waals surface area contributed by atoms with Crippen LogP contribution < -0.4 is 0 Å². The Labute approximate surface area is 80.2 Å². The van der Waals surface area contributed by atoms with Crippen molar-refractivity contribution < 1.29 is 9.47 Å². The average Bonchev–Trinajstić information content (AvgIpc) is 2.31. The summed E-state index contributed by atoms with van der Waals surface area (Å²) in [6, 6.07) is 0. The van der Waals surface area contributed by atoms with Crippen LogP contribution in [0.1, 0.15) is 13.8 Å². The Hall–Kier alpha value is -0.000519. The van der Waals surface area contributed by atoms with Gasteiger partial charge in [0.25, 0.3) is 0 Å². The molecule has 0 aromatic carbocycles. The van der Waals surface area contributed by atoms with Crippen molar-refractivity contribution in [2.45, 2.75) is 36.4 Å². The van der Waals surface area contributed by atoms with E-state index in [1.165, 1.54) is 0 Å². The molecule has 12 heavy (non-hydrogen) atoms. The molecule has 0 aliphatic carbocycles. The number of terminal acetylenes is 1. The van der Waals surface area contributed by atoms with Crippen molar-refractivity contribution in [2.75, 3.05) is 6.61 Å². The summed E-state index contributed by atoms with van der Waals surface area (Å²) in [4.78, 5) is 0. The topological polar surface area (TPSA) is 18.5 Å². The first-order valence-corrected chi connectivity index (χ1v) is 6.39. The third-order valence-electron chi connectivity index (χ3n) is 1.56. The van der Waals surface area contributed by atoms with E-state index in [0.717, 1.165) is 17.2 Å². The van der Waals surface area contributed by atoms with Gasteiger partial charge in [0, 0.05) is 0 Å². The van der Waals surface area contributed by atoms with Gasteiger partial charge in [-0.05, 0) is 0 Å². The number of rotatable bonds is 3. The molecule has 0 spiro atoms. The van der Waals surface area contributed by atoms with Crippen LogP contribution >= 0.6 is 0 Å². The maximum atomic E-state index is 5.62. The summed E-state index contributed by atoms with van der Waals surface area (Å²) in [6.45, 7) is 4.61. The Morgan fingerprint density at radius 2 is 2.42 bits per heavy atom. The number of hydrogen-bond donors (Lipinski definition) is 0. The van der Waals surface area contributed by atoms with Crippen molar-refractivity contribution in [3.05, 3.63) is 0 Å². The molecule has 1 rings (SSSR count). The van der Waals surface area contributed by atoms with E-state index in [1.807, 2.05) is 13.8 Å². The van der Waals surface area contributed by atoms with Gasteiger partial charge in [0.05, 0.1) is 0 Å². The predicted molar refractivity (Wildman–Crippen MR) is 49.1 cm³/mol. The molecule has 0 radical (unpaired) electrons. The molecule has 0 aromatic rings. The zero-order valence-corrected chi connectivity index (χ0v) is 9.21. The van der Waals surface area contributed by atoms with Crippen molar-refractivity contribution in [1.29, 1.82) is 0 Å². The standard InChI is InChI=1S/C9H14O2Se/c1-4-5-12-7-8-6-10-9(2,3)11-8/h1,8H,5-7H2,2-3H3. The third kappa shape index (κ3) is 3.16. The molecule has 1 unspecified atom stereocenters. The molecule has 2 nitrogen and oxygen atoms in total. The Balaban J connectivity index is 2.16. The van der Waals surface area contributed by atoms with Crippen LogP contribution in [0.2, 0.25) is 10.6 Å². The van der Waals surface area contributed by atoms with Crippen molar-refractivity contribution in [2.24, 2.45) is 0 Å². The van der Waals surface area contributed by atoms with Crippen LogP contribution in [0.5, 0.6) is 0 Å². The molecule has 1 saturated heterocycles. The van der Waals surface area contributed by atoms with E-state index in [0.29, 0.717) is 15.0 Å². The third-order valence-corrected chi connectivity index (χ3v) is 3.61. The molecular weight excluding hydrogens is 219 g/mol. The molecule has 1 atom stereocenters. The van der Waals surface area contributed by atoms with Crippen molar-refractivity contribution in [3.8, 4) is 12.3 Å². The van der Waals surface area contributed by atoms with Gasteiger partial charge >= 0.3 is 79.8 Å². The van der Waals surface area contributed by atoms with Gasteiger partial charge in [0.1, 0.15) is 0 Å². The van der Waals surface area contributed by atoms with Gasteiger partial charge in [-0.15, -0.1) is 0 Å². The number of hydrogen-bond acceptors (Lipinski definition) is 2. The predicted octanol–water partition coefficient (Wildman–Crippen LogP) is 1.31. The molecule has 0 bridgehead atoms. The molecule has 3 heteroatoms. The second kappa shape index (κ2) is 4.30. The second-order valence-electron chi connectivity index (χ2n) is 3.17. The molecule has 1 heterocycles. The van der Waals surface area contributed by atoms with Gasteiger partial charge in [0.15, 0.2) is 0 Å². The van der Waals surface area contributed by atoms with Crippen molar-refractivity contribution in [3.63, 3.8) is 0 Å².